The van der Waals surface area contributed by atoms with Gasteiger partial charge in [0.25, 0.3) is 0 Å². The molecule has 0 aliphatic carbocycles. The summed E-state index contributed by atoms with van der Waals surface area (Å²) >= 11 is 0. The van der Waals surface area contributed by atoms with Crippen molar-refractivity contribution in [3.63, 3.8) is 0 Å². The second kappa shape index (κ2) is 22.8. The van der Waals surface area contributed by atoms with Gasteiger partial charge in [-0.2, -0.15) is 5.26 Å². The van der Waals surface area contributed by atoms with E-state index in [1.54, 1.807) is 17.0 Å². The van der Waals surface area contributed by atoms with Crippen LogP contribution in [-0.4, -0.2) is 29.1 Å². The fourth-order valence-corrected chi connectivity index (χ4v) is 12.7. The number of aromatic nitrogens is 6. The van der Waals surface area contributed by atoms with Crippen molar-refractivity contribution in [2.75, 3.05) is 0 Å². The van der Waals surface area contributed by atoms with Crippen LogP contribution in [0.5, 0.6) is 0 Å². The zero-order valence-corrected chi connectivity index (χ0v) is 49.1. The molecule has 10 aromatic carbocycles. The SMILES string of the molecule is N#Cc1cc(-n2c3ccc(-c4ccc(-c5ccccc5)nc4)cc3c3cc(-c4ccc(-c5ccccc5)nc4)ccc32)c(-c2c(F)c(F)c(F)c(F)c2F)cc1-n1c2ccc(-c3ccc(-c4ccccc4)nc3)cc2c2cc(-c3ccc(-c4ccccc4)nc3)ccc21. The average Bonchev–Trinajstić information content (AvgIpc) is 1.61. The number of benzene rings is 10. The normalized spacial score (nSPS) is 11.5. The van der Waals surface area contributed by atoms with Gasteiger partial charge in [-0.15, -0.1) is 0 Å². The van der Waals surface area contributed by atoms with E-state index in [-0.39, 0.29) is 22.5 Å². The molecule has 16 aromatic rings. The molecule has 0 aliphatic heterocycles. The van der Waals surface area contributed by atoms with E-state index in [9.17, 15) is 5.26 Å². The first kappa shape index (κ1) is 55.8. The Bertz CT molecular complexity index is 5330. The molecule has 0 saturated carbocycles. The summed E-state index contributed by atoms with van der Waals surface area (Å²) in [5.74, 6) is -10.6. The predicted octanol–water partition coefficient (Wildman–Crippen LogP) is 21.0. The van der Waals surface area contributed by atoms with Crippen LogP contribution in [0.2, 0.25) is 0 Å². The van der Waals surface area contributed by atoms with Crippen molar-refractivity contribution >= 4 is 43.6 Å². The molecule has 12 heteroatoms. The van der Waals surface area contributed by atoms with Crippen molar-refractivity contribution in [3.05, 3.63) is 314 Å². The van der Waals surface area contributed by atoms with E-state index in [0.717, 1.165) is 100 Å². The molecule has 0 spiro atoms. The lowest BCUT2D eigenvalue weighted by Crippen LogP contribution is -2.08. The maximum atomic E-state index is 17.1. The lowest BCUT2D eigenvalue weighted by atomic mass is 9.97. The Morgan fingerprint density at radius 2 is 0.548 bits per heavy atom. The summed E-state index contributed by atoms with van der Waals surface area (Å²) in [6.45, 7) is 0. The average molecular weight is 1210 g/mol. The van der Waals surface area contributed by atoms with E-state index in [0.29, 0.717) is 32.8 Å². The number of halogens is 5. The highest BCUT2D eigenvalue weighted by Gasteiger charge is 2.31. The summed E-state index contributed by atoms with van der Waals surface area (Å²) in [6.07, 6.45) is 7.22. The molecule has 0 aliphatic rings. The third kappa shape index (κ3) is 9.74. The Kier molecular flexibility index (Phi) is 13.7. The summed E-state index contributed by atoms with van der Waals surface area (Å²) < 4.78 is 85.0. The second-order valence-electron chi connectivity index (χ2n) is 22.7. The predicted molar refractivity (Wildman–Crippen MR) is 360 cm³/mol. The molecule has 0 N–H and O–H groups in total. The van der Waals surface area contributed by atoms with Crippen LogP contribution in [0, 0.1) is 40.4 Å². The minimum atomic E-state index is -2.30. The van der Waals surface area contributed by atoms with Crippen LogP contribution in [0.25, 0.3) is 156 Å². The molecular weight excluding hydrogens is 1170 g/mol. The van der Waals surface area contributed by atoms with Crippen LogP contribution in [0.1, 0.15) is 5.56 Å². The van der Waals surface area contributed by atoms with Crippen molar-refractivity contribution in [2.45, 2.75) is 0 Å². The Balaban J connectivity index is 0.924. The molecule has 0 fully saturated rings. The number of hydrogen-bond acceptors (Lipinski definition) is 5. The molecule has 0 unspecified atom stereocenters. The third-order valence-corrected chi connectivity index (χ3v) is 17.4. The lowest BCUT2D eigenvalue weighted by molar-refractivity contribution is 0.381. The minimum Gasteiger partial charge on any atom is -0.309 e. The van der Waals surface area contributed by atoms with Crippen molar-refractivity contribution in [2.24, 2.45) is 0 Å². The molecule has 93 heavy (non-hydrogen) atoms. The highest BCUT2D eigenvalue weighted by molar-refractivity contribution is 6.14. The van der Waals surface area contributed by atoms with Crippen molar-refractivity contribution in [1.82, 2.24) is 29.1 Å². The number of nitrogens with zero attached hydrogens (tertiary/aromatic N) is 7. The highest BCUT2D eigenvalue weighted by Crippen LogP contribution is 2.46. The lowest BCUT2D eigenvalue weighted by Gasteiger charge is -2.20. The van der Waals surface area contributed by atoms with Crippen LogP contribution in [0.4, 0.5) is 22.0 Å². The number of rotatable bonds is 11. The monoisotopic (exact) mass is 1210 g/mol. The van der Waals surface area contributed by atoms with E-state index in [1.807, 2.05) is 260 Å². The van der Waals surface area contributed by atoms with E-state index >= 15 is 22.0 Å². The number of nitriles is 1. The summed E-state index contributed by atoms with van der Waals surface area (Å²) in [4.78, 5) is 19.3. The summed E-state index contributed by atoms with van der Waals surface area (Å²) in [7, 11) is 0. The molecule has 0 radical (unpaired) electrons. The number of pyridine rings is 4. The summed E-state index contributed by atoms with van der Waals surface area (Å²) in [5.41, 5.74) is 14.2. The van der Waals surface area contributed by atoms with E-state index in [4.69, 9.17) is 19.9 Å². The number of hydrogen-bond donors (Lipinski definition) is 0. The van der Waals surface area contributed by atoms with Crippen LogP contribution in [0.15, 0.2) is 280 Å². The maximum absolute atomic E-state index is 17.1. The zero-order chi connectivity index (χ0) is 62.8. The van der Waals surface area contributed by atoms with Crippen LogP contribution in [0.3, 0.4) is 0 Å². The molecule has 7 nitrogen and oxygen atoms in total. The Labute approximate surface area is 529 Å². The van der Waals surface area contributed by atoms with Gasteiger partial charge in [-0.1, -0.05) is 170 Å². The summed E-state index contributed by atoms with van der Waals surface area (Å²) in [5, 5.41) is 14.4. The largest absolute Gasteiger partial charge is 0.309 e. The van der Waals surface area contributed by atoms with Gasteiger partial charge in [-0.3, -0.25) is 19.9 Å². The molecule has 440 valence electrons. The Morgan fingerprint density at radius 3 is 0.828 bits per heavy atom. The molecule has 0 amide bonds. The number of fused-ring (bicyclic) bond motifs is 6. The standard InChI is InChI=1S/C81H46F5N7/c82-77-76(78(83)80(85)81(86)79(77)84)65-42-74(92-70-33-25-52(56-21-29-66(88-44-56)48-13-5-1-6-14-48)37-61(70)62-38-53(26-34-71(62)92)57-22-30-67(89-45-57)49-15-7-2-8-16-49)60(43-87)41-75(65)93-72-35-27-54(58-23-31-68(90-46-58)50-17-9-3-10-18-50)39-63(72)64-40-55(28-36-73(64)93)59-24-32-69(91-47-59)51-19-11-4-12-20-51/h1-42,44-47H. The third-order valence-electron chi connectivity index (χ3n) is 17.4. The first-order valence-corrected chi connectivity index (χ1v) is 30.0. The van der Waals surface area contributed by atoms with Crippen LogP contribution in [-0.2, 0) is 0 Å². The molecule has 6 heterocycles. The van der Waals surface area contributed by atoms with Crippen molar-refractivity contribution < 1.29 is 22.0 Å². The first-order valence-electron chi connectivity index (χ1n) is 30.0. The van der Waals surface area contributed by atoms with Crippen molar-refractivity contribution in [1.29, 1.82) is 5.26 Å². The van der Waals surface area contributed by atoms with E-state index in [1.165, 1.54) is 12.1 Å². The Hall–Kier alpha value is -12.5. The molecule has 0 atom stereocenters. The van der Waals surface area contributed by atoms with Gasteiger partial charge in [0.05, 0.1) is 67.3 Å². The van der Waals surface area contributed by atoms with Crippen LogP contribution >= 0.6 is 0 Å². The smallest absolute Gasteiger partial charge is 0.200 e. The fourth-order valence-electron chi connectivity index (χ4n) is 12.7. The minimum absolute atomic E-state index is 0.0231. The fraction of sp³-hybridized carbons (Fsp3) is 0. The molecule has 16 rings (SSSR count). The Morgan fingerprint density at radius 1 is 0.269 bits per heavy atom. The van der Waals surface area contributed by atoms with Gasteiger partial charge in [0.15, 0.2) is 23.3 Å². The second-order valence-corrected chi connectivity index (χ2v) is 22.7. The maximum Gasteiger partial charge on any atom is 0.200 e. The highest BCUT2D eigenvalue weighted by atomic mass is 19.2. The van der Waals surface area contributed by atoms with E-state index in [2.05, 4.69) is 6.07 Å². The van der Waals surface area contributed by atoms with E-state index < -0.39 is 34.6 Å². The van der Waals surface area contributed by atoms with Crippen LogP contribution < -0.4 is 0 Å². The van der Waals surface area contributed by atoms with Gasteiger partial charge in [0.1, 0.15) is 6.07 Å². The van der Waals surface area contributed by atoms with Gasteiger partial charge in [0, 0.05) is 96.4 Å². The van der Waals surface area contributed by atoms with Crippen molar-refractivity contribution in [3.8, 4) is 118 Å². The van der Waals surface area contributed by atoms with Gasteiger partial charge < -0.3 is 9.13 Å². The molecule has 6 aromatic heterocycles. The zero-order valence-electron chi connectivity index (χ0n) is 49.1. The van der Waals surface area contributed by atoms with Gasteiger partial charge in [0.2, 0.25) is 5.82 Å². The first-order chi connectivity index (χ1) is 45.6. The molecular formula is C81H46F5N7. The summed E-state index contributed by atoms with van der Waals surface area (Å²) in [6, 6.07) is 83.6. The van der Waals surface area contributed by atoms with Gasteiger partial charge in [-0.05, 0) is 107 Å². The van der Waals surface area contributed by atoms with Gasteiger partial charge in [-0.25, -0.2) is 22.0 Å². The molecule has 0 bridgehead atoms. The quantitative estimate of drug-likeness (QED) is 0.0732. The topological polar surface area (TPSA) is 85.2 Å². The molecule has 0 saturated heterocycles. The van der Waals surface area contributed by atoms with Gasteiger partial charge >= 0.3 is 0 Å².